The second-order valence-corrected chi connectivity index (χ2v) is 9.64. The van der Waals surface area contributed by atoms with Gasteiger partial charge in [-0.3, -0.25) is 0 Å². The molecule has 1 aliphatic rings. The number of fused-ring (bicyclic) bond motifs is 1. The number of rotatable bonds is 7. The number of ether oxygens (including phenoxy) is 3. The monoisotopic (exact) mass is 485 g/mol. The van der Waals surface area contributed by atoms with Crippen LogP contribution in [0.5, 0.6) is 5.75 Å². The zero-order valence-corrected chi connectivity index (χ0v) is 19.4. The number of methoxy groups -OCH3 is 1. The highest BCUT2D eigenvalue weighted by Crippen LogP contribution is 2.29. The number of hydrogen-bond donors (Lipinski definition) is 0. The number of carbonyl (C=O) groups excluding carboxylic acids is 1. The Hall–Kier alpha value is -3.27. The third-order valence-corrected chi connectivity index (χ3v) is 7.33. The van der Waals surface area contributed by atoms with E-state index >= 15 is 0 Å². The van der Waals surface area contributed by atoms with Gasteiger partial charge in [-0.2, -0.15) is 4.31 Å². The number of hydrogen-bond acceptors (Lipinski definition) is 6. The molecule has 0 N–H and O–H groups in total. The molecule has 0 aromatic heterocycles. The van der Waals surface area contributed by atoms with E-state index in [1.54, 1.807) is 30.3 Å². The van der Waals surface area contributed by atoms with Gasteiger partial charge in [0, 0.05) is 18.7 Å². The van der Waals surface area contributed by atoms with Gasteiger partial charge in [0.1, 0.15) is 18.2 Å². The summed E-state index contributed by atoms with van der Waals surface area (Å²) in [5.74, 6) is -0.421. The van der Waals surface area contributed by atoms with Crippen LogP contribution in [0, 0.1) is 5.82 Å². The third kappa shape index (κ3) is 5.27. The van der Waals surface area contributed by atoms with Crippen molar-refractivity contribution in [3.05, 3.63) is 94.8 Å². The van der Waals surface area contributed by atoms with Gasteiger partial charge in [-0.15, -0.1) is 0 Å². The molecule has 3 aromatic carbocycles. The van der Waals surface area contributed by atoms with Crippen LogP contribution < -0.4 is 4.74 Å². The first kappa shape index (κ1) is 23.9. The van der Waals surface area contributed by atoms with Gasteiger partial charge in [-0.05, 0) is 47.5 Å². The van der Waals surface area contributed by atoms with Crippen molar-refractivity contribution in [2.24, 2.45) is 0 Å². The SMILES string of the molecule is COC(=O)c1ccccc1S(=O)(=O)N1CCOc2ccc(COCc3ccc(F)cc3)cc2C1. The zero-order chi connectivity index (χ0) is 24.1. The van der Waals surface area contributed by atoms with Crippen molar-refractivity contribution in [1.29, 1.82) is 0 Å². The normalized spacial score (nSPS) is 14.1. The Labute approximate surface area is 197 Å². The first-order valence-corrected chi connectivity index (χ1v) is 12.1. The molecule has 0 fully saturated rings. The number of carbonyl (C=O) groups is 1. The minimum atomic E-state index is -3.99. The molecule has 34 heavy (non-hydrogen) atoms. The van der Waals surface area contributed by atoms with Crippen molar-refractivity contribution in [2.45, 2.75) is 24.7 Å². The predicted molar refractivity (Wildman–Crippen MR) is 122 cm³/mol. The Morgan fingerprint density at radius 2 is 1.74 bits per heavy atom. The number of sulfonamides is 1. The molecule has 0 saturated heterocycles. The molecule has 4 rings (SSSR count). The molecule has 0 radical (unpaired) electrons. The van der Waals surface area contributed by atoms with Crippen LogP contribution >= 0.6 is 0 Å². The summed E-state index contributed by atoms with van der Waals surface area (Å²) in [6.07, 6.45) is 0. The maximum absolute atomic E-state index is 13.4. The molecule has 0 saturated carbocycles. The number of halogens is 1. The summed E-state index contributed by atoms with van der Waals surface area (Å²) in [5.41, 5.74) is 2.37. The maximum Gasteiger partial charge on any atom is 0.339 e. The lowest BCUT2D eigenvalue weighted by atomic mass is 10.1. The summed E-state index contributed by atoms with van der Waals surface area (Å²) < 4.78 is 57.5. The van der Waals surface area contributed by atoms with Gasteiger partial charge in [-0.25, -0.2) is 17.6 Å². The van der Waals surface area contributed by atoms with E-state index in [-0.39, 0.29) is 36.0 Å². The van der Waals surface area contributed by atoms with Gasteiger partial charge < -0.3 is 14.2 Å². The van der Waals surface area contributed by atoms with Crippen LogP contribution in [0.3, 0.4) is 0 Å². The highest BCUT2D eigenvalue weighted by molar-refractivity contribution is 7.89. The molecule has 0 atom stereocenters. The predicted octanol–water partition coefficient (Wildman–Crippen LogP) is 3.91. The van der Waals surface area contributed by atoms with Crippen molar-refractivity contribution in [3.63, 3.8) is 0 Å². The highest BCUT2D eigenvalue weighted by Gasteiger charge is 2.31. The fourth-order valence-electron chi connectivity index (χ4n) is 3.70. The zero-order valence-electron chi connectivity index (χ0n) is 18.6. The van der Waals surface area contributed by atoms with Crippen LogP contribution in [0.25, 0.3) is 0 Å². The van der Waals surface area contributed by atoms with Crippen molar-refractivity contribution >= 4 is 16.0 Å². The van der Waals surface area contributed by atoms with Crippen LogP contribution in [0.2, 0.25) is 0 Å². The van der Waals surface area contributed by atoms with E-state index in [2.05, 4.69) is 0 Å². The summed E-state index contributed by atoms with van der Waals surface area (Å²) in [6, 6.07) is 17.6. The molecule has 0 unspecified atom stereocenters. The molecule has 3 aromatic rings. The van der Waals surface area contributed by atoms with Gasteiger partial charge >= 0.3 is 5.97 Å². The van der Waals surface area contributed by atoms with E-state index in [9.17, 15) is 17.6 Å². The van der Waals surface area contributed by atoms with Crippen molar-refractivity contribution in [1.82, 2.24) is 4.31 Å². The van der Waals surface area contributed by atoms with Crippen molar-refractivity contribution < 1.29 is 31.8 Å². The van der Waals surface area contributed by atoms with Crippen LogP contribution in [0.4, 0.5) is 4.39 Å². The molecular weight excluding hydrogens is 461 g/mol. The van der Waals surface area contributed by atoms with E-state index < -0.39 is 16.0 Å². The Balaban J connectivity index is 1.52. The summed E-state index contributed by atoms with van der Waals surface area (Å²) in [5, 5.41) is 0. The molecule has 0 amide bonds. The van der Waals surface area contributed by atoms with Gasteiger partial charge in [-0.1, -0.05) is 30.3 Å². The molecule has 178 valence electrons. The van der Waals surface area contributed by atoms with Crippen molar-refractivity contribution in [2.75, 3.05) is 20.3 Å². The van der Waals surface area contributed by atoms with Gasteiger partial charge in [0.05, 0.1) is 30.8 Å². The molecule has 9 heteroatoms. The topological polar surface area (TPSA) is 82.1 Å². The summed E-state index contributed by atoms with van der Waals surface area (Å²) in [6.45, 7) is 0.996. The first-order chi connectivity index (χ1) is 16.4. The van der Waals surface area contributed by atoms with Crippen LogP contribution in [-0.4, -0.2) is 39.0 Å². The van der Waals surface area contributed by atoms with E-state index in [1.165, 1.54) is 35.7 Å². The van der Waals surface area contributed by atoms with E-state index in [4.69, 9.17) is 14.2 Å². The highest BCUT2D eigenvalue weighted by atomic mass is 32.2. The van der Waals surface area contributed by atoms with Gasteiger partial charge in [0.2, 0.25) is 10.0 Å². The second kappa shape index (κ2) is 10.3. The third-order valence-electron chi connectivity index (χ3n) is 5.43. The van der Waals surface area contributed by atoms with Gasteiger partial charge in [0.25, 0.3) is 0 Å². The number of benzene rings is 3. The minimum absolute atomic E-state index is 0.0154. The van der Waals surface area contributed by atoms with Gasteiger partial charge in [0.15, 0.2) is 0 Å². The van der Waals surface area contributed by atoms with Crippen LogP contribution in [0.15, 0.2) is 71.6 Å². The Kier molecular flexibility index (Phi) is 7.26. The van der Waals surface area contributed by atoms with E-state index in [0.29, 0.717) is 24.5 Å². The van der Waals surface area contributed by atoms with Crippen molar-refractivity contribution in [3.8, 4) is 5.75 Å². The van der Waals surface area contributed by atoms with E-state index in [0.717, 1.165) is 11.1 Å². The molecule has 1 aliphatic heterocycles. The first-order valence-electron chi connectivity index (χ1n) is 10.6. The molecule has 0 spiro atoms. The summed E-state index contributed by atoms with van der Waals surface area (Å²) >= 11 is 0. The second-order valence-electron chi connectivity index (χ2n) is 7.74. The van der Waals surface area contributed by atoms with Crippen LogP contribution in [0.1, 0.15) is 27.0 Å². The fourth-order valence-corrected chi connectivity index (χ4v) is 5.28. The number of nitrogens with zero attached hydrogens (tertiary/aromatic N) is 1. The smallest absolute Gasteiger partial charge is 0.339 e. The lowest BCUT2D eigenvalue weighted by Crippen LogP contribution is -2.33. The summed E-state index contributed by atoms with van der Waals surface area (Å²) in [4.78, 5) is 12.0. The largest absolute Gasteiger partial charge is 0.492 e. The van der Waals surface area contributed by atoms with E-state index in [1.807, 2.05) is 12.1 Å². The average Bonchev–Trinajstić information content (AvgIpc) is 3.07. The standard InChI is InChI=1S/C25H24FNO6S/c1-31-25(28)22-4-2-3-5-24(22)34(29,30)27-12-13-33-23-11-8-19(14-20(23)15-27)17-32-16-18-6-9-21(26)10-7-18/h2-11,14H,12-13,15-17H2,1H3. The lowest BCUT2D eigenvalue weighted by Gasteiger charge is -2.21. The summed E-state index contributed by atoms with van der Waals surface area (Å²) in [7, 11) is -2.78. The number of esters is 1. The quantitative estimate of drug-likeness (QED) is 0.472. The molecule has 1 heterocycles. The maximum atomic E-state index is 13.4. The fraction of sp³-hybridized carbons (Fsp3) is 0.240. The lowest BCUT2D eigenvalue weighted by molar-refractivity contribution is 0.0596. The molecule has 0 bridgehead atoms. The molecule has 7 nitrogen and oxygen atoms in total. The Morgan fingerprint density at radius 1 is 1.03 bits per heavy atom. The molecule has 0 aliphatic carbocycles. The Bertz CT molecular complexity index is 1280. The minimum Gasteiger partial charge on any atom is -0.492 e. The van der Waals surface area contributed by atoms with Crippen LogP contribution in [-0.2, 0) is 39.3 Å². The Morgan fingerprint density at radius 3 is 2.50 bits per heavy atom. The molecular formula is C25H24FNO6S. The average molecular weight is 486 g/mol.